The average molecular weight is 260 g/mol. The zero-order chi connectivity index (χ0) is 13.8. The molecule has 1 amide bonds. The van der Waals surface area contributed by atoms with Gasteiger partial charge in [0.2, 0.25) is 5.89 Å². The van der Waals surface area contributed by atoms with Crippen LogP contribution in [0.15, 0.2) is 22.7 Å². The molecule has 0 spiro atoms. The molecule has 0 saturated heterocycles. The van der Waals surface area contributed by atoms with Crippen LogP contribution >= 0.6 is 0 Å². The number of nitrogens with zero attached hydrogens (tertiary/aromatic N) is 2. The molecule has 2 aromatic rings. The van der Waals surface area contributed by atoms with Crippen LogP contribution in [0.25, 0.3) is 0 Å². The summed E-state index contributed by atoms with van der Waals surface area (Å²) >= 11 is 0. The summed E-state index contributed by atoms with van der Waals surface area (Å²) in [6, 6.07) is 5.61. The molecule has 1 heterocycles. The number of aromatic nitrogens is 2. The maximum Gasteiger partial charge on any atom is 0.253 e. The van der Waals surface area contributed by atoms with Gasteiger partial charge in [-0.2, -0.15) is 4.98 Å². The van der Waals surface area contributed by atoms with Gasteiger partial charge in [-0.15, -0.1) is 0 Å². The zero-order valence-electron chi connectivity index (χ0n) is 11.2. The number of nitrogens with one attached hydrogen (secondary N) is 2. The summed E-state index contributed by atoms with van der Waals surface area (Å²) in [6.45, 7) is 3.92. The molecule has 6 heteroatoms. The van der Waals surface area contributed by atoms with Crippen LogP contribution in [-0.4, -0.2) is 23.1 Å². The molecule has 19 heavy (non-hydrogen) atoms. The van der Waals surface area contributed by atoms with Crippen molar-refractivity contribution in [3.63, 3.8) is 0 Å². The van der Waals surface area contributed by atoms with E-state index in [0.717, 1.165) is 11.3 Å². The van der Waals surface area contributed by atoms with Crippen LogP contribution < -0.4 is 10.6 Å². The van der Waals surface area contributed by atoms with Gasteiger partial charge >= 0.3 is 0 Å². The average Bonchev–Trinajstić information content (AvgIpc) is 2.81. The van der Waals surface area contributed by atoms with Gasteiger partial charge in [-0.1, -0.05) is 11.2 Å². The summed E-state index contributed by atoms with van der Waals surface area (Å²) in [5, 5.41) is 9.42. The van der Waals surface area contributed by atoms with Crippen molar-refractivity contribution in [2.24, 2.45) is 0 Å². The lowest BCUT2D eigenvalue weighted by molar-refractivity contribution is 0.0947. The molecule has 0 aliphatic heterocycles. The topological polar surface area (TPSA) is 80.0 Å². The Bertz CT molecular complexity index is 592. The monoisotopic (exact) mass is 260 g/mol. The van der Waals surface area contributed by atoms with E-state index in [-0.39, 0.29) is 12.5 Å². The normalized spacial score (nSPS) is 10.3. The Balaban J connectivity index is 2.07. The fourth-order valence-corrected chi connectivity index (χ4v) is 1.73. The quantitative estimate of drug-likeness (QED) is 0.873. The van der Waals surface area contributed by atoms with E-state index in [4.69, 9.17) is 4.52 Å². The summed E-state index contributed by atoms with van der Waals surface area (Å²) in [7, 11) is 1.78. The molecule has 0 radical (unpaired) electrons. The van der Waals surface area contributed by atoms with Crippen LogP contribution in [0.4, 0.5) is 5.69 Å². The number of anilines is 1. The molecule has 2 rings (SSSR count). The van der Waals surface area contributed by atoms with E-state index in [1.165, 1.54) is 0 Å². The molecule has 0 saturated carbocycles. The fraction of sp³-hybridized carbons (Fsp3) is 0.308. The van der Waals surface area contributed by atoms with Gasteiger partial charge in [-0.25, -0.2) is 0 Å². The van der Waals surface area contributed by atoms with E-state index in [0.29, 0.717) is 17.3 Å². The predicted octanol–water partition coefficient (Wildman–Crippen LogP) is 1.66. The van der Waals surface area contributed by atoms with Gasteiger partial charge in [0.05, 0.1) is 12.1 Å². The Morgan fingerprint density at radius 3 is 2.79 bits per heavy atom. The summed E-state index contributed by atoms with van der Waals surface area (Å²) in [5.74, 6) is 0.764. The number of benzene rings is 1. The first-order chi connectivity index (χ1) is 9.10. The highest BCUT2D eigenvalue weighted by molar-refractivity contribution is 5.99. The molecule has 0 fully saturated rings. The van der Waals surface area contributed by atoms with Crippen molar-refractivity contribution >= 4 is 11.6 Å². The molecule has 6 nitrogen and oxygen atoms in total. The standard InChI is InChI=1S/C13H16N4O2/c1-8-4-5-10(11(6-8)14-3)13(18)15-7-12-16-9(2)17-19-12/h4-6,14H,7H2,1-3H3,(H,15,18). The van der Waals surface area contributed by atoms with E-state index in [2.05, 4.69) is 20.8 Å². The lowest BCUT2D eigenvalue weighted by Gasteiger charge is -2.09. The number of carbonyl (C=O) groups excluding carboxylic acids is 1. The highest BCUT2D eigenvalue weighted by Gasteiger charge is 2.12. The van der Waals surface area contributed by atoms with Crippen LogP contribution in [0.5, 0.6) is 0 Å². The lowest BCUT2D eigenvalue weighted by Crippen LogP contribution is -2.24. The highest BCUT2D eigenvalue weighted by Crippen LogP contribution is 2.16. The minimum atomic E-state index is -0.180. The van der Waals surface area contributed by atoms with Crippen molar-refractivity contribution in [1.29, 1.82) is 0 Å². The molecule has 0 unspecified atom stereocenters. The van der Waals surface area contributed by atoms with Crippen molar-refractivity contribution in [2.75, 3.05) is 12.4 Å². The van der Waals surface area contributed by atoms with Gasteiger partial charge in [-0.05, 0) is 31.5 Å². The maximum atomic E-state index is 12.1. The van der Waals surface area contributed by atoms with Gasteiger partial charge in [0.1, 0.15) is 0 Å². The smallest absolute Gasteiger partial charge is 0.253 e. The van der Waals surface area contributed by atoms with Gasteiger partial charge < -0.3 is 15.2 Å². The van der Waals surface area contributed by atoms with E-state index in [1.54, 1.807) is 20.0 Å². The molecule has 1 aromatic heterocycles. The third-order valence-electron chi connectivity index (χ3n) is 2.66. The van der Waals surface area contributed by atoms with E-state index < -0.39 is 0 Å². The fourth-order valence-electron chi connectivity index (χ4n) is 1.73. The number of carbonyl (C=O) groups is 1. The van der Waals surface area contributed by atoms with Crippen LogP contribution in [0.3, 0.4) is 0 Å². The predicted molar refractivity (Wildman–Crippen MR) is 70.9 cm³/mol. The summed E-state index contributed by atoms with van der Waals surface area (Å²) in [4.78, 5) is 16.1. The second kappa shape index (κ2) is 5.51. The zero-order valence-corrected chi connectivity index (χ0v) is 11.2. The first-order valence-electron chi connectivity index (χ1n) is 5.96. The minimum Gasteiger partial charge on any atom is -0.387 e. The van der Waals surface area contributed by atoms with Crippen LogP contribution in [0, 0.1) is 13.8 Å². The number of amides is 1. The number of hydrogen-bond acceptors (Lipinski definition) is 5. The molecule has 0 aliphatic carbocycles. The maximum absolute atomic E-state index is 12.1. The molecule has 2 N–H and O–H groups in total. The number of aryl methyl sites for hydroxylation is 2. The number of rotatable bonds is 4. The molecule has 0 bridgehead atoms. The van der Waals surface area contributed by atoms with E-state index >= 15 is 0 Å². The first kappa shape index (κ1) is 13.1. The van der Waals surface area contributed by atoms with Crippen molar-refractivity contribution < 1.29 is 9.32 Å². The van der Waals surface area contributed by atoms with E-state index in [1.807, 2.05) is 19.1 Å². The van der Waals surface area contributed by atoms with Crippen LogP contribution in [0.1, 0.15) is 27.6 Å². The molecular weight excluding hydrogens is 244 g/mol. The third-order valence-corrected chi connectivity index (χ3v) is 2.66. The van der Waals surface area contributed by atoms with Crippen molar-refractivity contribution in [3.05, 3.63) is 41.0 Å². The third kappa shape index (κ3) is 3.09. The SMILES string of the molecule is CNc1cc(C)ccc1C(=O)NCc1nc(C)no1. The summed E-state index contributed by atoms with van der Waals surface area (Å²) in [5.41, 5.74) is 2.47. The van der Waals surface area contributed by atoms with Gasteiger partial charge in [0.25, 0.3) is 5.91 Å². The Hall–Kier alpha value is -2.37. The minimum absolute atomic E-state index is 0.180. The lowest BCUT2D eigenvalue weighted by atomic mass is 10.1. The highest BCUT2D eigenvalue weighted by atomic mass is 16.5. The Kier molecular flexibility index (Phi) is 3.79. The second-order valence-electron chi connectivity index (χ2n) is 4.22. The van der Waals surface area contributed by atoms with Gasteiger partial charge in [0.15, 0.2) is 5.82 Å². The van der Waals surface area contributed by atoms with Crippen LogP contribution in [0.2, 0.25) is 0 Å². The van der Waals surface area contributed by atoms with Crippen molar-refractivity contribution in [2.45, 2.75) is 20.4 Å². The van der Waals surface area contributed by atoms with E-state index in [9.17, 15) is 4.79 Å². The Morgan fingerprint density at radius 2 is 2.16 bits per heavy atom. The van der Waals surface area contributed by atoms with Gasteiger partial charge in [0, 0.05) is 12.7 Å². The molecule has 0 aliphatic rings. The van der Waals surface area contributed by atoms with Crippen LogP contribution in [-0.2, 0) is 6.54 Å². The molecule has 100 valence electrons. The number of hydrogen-bond donors (Lipinski definition) is 2. The van der Waals surface area contributed by atoms with Crippen molar-refractivity contribution in [3.8, 4) is 0 Å². The molecule has 0 atom stereocenters. The molecule has 1 aromatic carbocycles. The molecular formula is C13H16N4O2. The Labute approximate surface area is 111 Å². The first-order valence-corrected chi connectivity index (χ1v) is 5.96. The van der Waals surface area contributed by atoms with Crippen molar-refractivity contribution in [1.82, 2.24) is 15.5 Å². The summed E-state index contributed by atoms with van der Waals surface area (Å²) in [6.07, 6.45) is 0. The largest absolute Gasteiger partial charge is 0.387 e. The Morgan fingerprint density at radius 1 is 1.37 bits per heavy atom. The summed E-state index contributed by atoms with van der Waals surface area (Å²) < 4.78 is 4.93. The van der Waals surface area contributed by atoms with Gasteiger partial charge in [-0.3, -0.25) is 4.79 Å². The second-order valence-corrected chi connectivity index (χ2v) is 4.22.